The normalized spacial score (nSPS) is 18.5. The fraction of sp³-hybridized carbons (Fsp3) is 0.538. The minimum atomic E-state index is 0.302. The van der Waals surface area contributed by atoms with E-state index in [0.717, 1.165) is 42.5 Å². The maximum atomic E-state index is 9.78. The van der Waals surface area contributed by atoms with E-state index in [1.165, 1.54) is 0 Å². The van der Waals surface area contributed by atoms with Gasteiger partial charge in [-0.1, -0.05) is 15.9 Å². The second-order valence-electron chi connectivity index (χ2n) is 4.68. The lowest BCUT2D eigenvalue weighted by Gasteiger charge is -2.31. The van der Waals surface area contributed by atoms with Gasteiger partial charge >= 0.3 is 0 Å². The summed E-state index contributed by atoms with van der Waals surface area (Å²) in [6.07, 6.45) is 2.09. The summed E-state index contributed by atoms with van der Waals surface area (Å²) >= 11 is 3.42. The number of hydrogen-bond acceptors (Lipinski definition) is 3. The number of halogens is 1. The molecule has 0 aliphatic carbocycles. The fourth-order valence-electron chi connectivity index (χ4n) is 2.25. The first kappa shape index (κ1) is 12.9. The van der Waals surface area contributed by atoms with Crippen molar-refractivity contribution in [3.05, 3.63) is 28.2 Å². The highest BCUT2D eigenvalue weighted by Gasteiger charge is 2.19. The topological polar surface area (TPSA) is 43.7 Å². The Morgan fingerprint density at radius 3 is 2.65 bits per heavy atom. The number of benzene rings is 1. The number of aliphatic hydroxyl groups is 1. The molecule has 0 saturated carbocycles. The molecule has 17 heavy (non-hydrogen) atoms. The highest BCUT2D eigenvalue weighted by Crippen LogP contribution is 2.25. The van der Waals surface area contributed by atoms with Crippen molar-refractivity contribution in [2.24, 2.45) is 5.92 Å². The lowest BCUT2D eigenvalue weighted by Crippen LogP contribution is -2.34. The summed E-state index contributed by atoms with van der Waals surface area (Å²) in [6, 6.07) is 5.53. The number of aromatic hydroxyl groups is 1. The summed E-state index contributed by atoms with van der Waals surface area (Å²) in [5.74, 6) is 0.819. The average Bonchev–Trinajstić information content (AvgIpc) is 2.35. The molecule has 1 aliphatic heterocycles. The molecule has 1 aromatic carbocycles. The Kier molecular flexibility index (Phi) is 4.42. The molecule has 2 rings (SSSR count). The van der Waals surface area contributed by atoms with Gasteiger partial charge in [0.1, 0.15) is 5.75 Å². The molecule has 94 valence electrons. The monoisotopic (exact) mass is 299 g/mol. The second kappa shape index (κ2) is 5.85. The zero-order valence-electron chi connectivity index (χ0n) is 9.77. The van der Waals surface area contributed by atoms with Gasteiger partial charge in [0.15, 0.2) is 0 Å². The van der Waals surface area contributed by atoms with E-state index in [0.29, 0.717) is 18.3 Å². The average molecular weight is 300 g/mol. The molecule has 0 radical (unpaired) electrons. The minimum Gasteiger partial charge on any atom is -0.508 e. The third-order valence-corrected chi connectivity index (χ3v) is 3.89. The Balaban J connectivity index is 1.95. The van der Waals surface area contributed by atoms with Crippen molar-refractivity contribution < 1.29 is 10.2 Å². The van der Waals surface area contributed by atoms with Crippen molar-refractivity contribution in [3.8, 4) is 5.75 Å². The van der Waals surface area contributed by atoms with Crippen molar-refractivity contribution in [1.82, 2.24) is 4.90 Å². The molecule has 0 spiro atoms. The maximum absolute atomic E-state index is 9.78. The van der Waals surface area contributed by atoms with E-state index in [1.54, 1.807) is 6.07 Å². The molecule has 1 fully saturated rings. The molecular formula is C13H18BrNO2. The summed E-state index contributed by atoms with van der Waals surface area (Å²) < 4.78 is 0.996. The van der Waals surface area contributed by atoms with Gasteiger partial charge in [-0.05, 0) is 50.0 Å². The standard InChI is InChI=1S/C13H18BrNO2/c14-12-1-2-13(17)11(7-12)8-15-5-3-10(9-16)4-6-15/h1-2,7,10,16-17H,3-6,8-9H2. The molecule has 0 bridgehead atoms. The van der Waals surface area contributed by atoms with E-state index in [-0.39, 0.29) is 0 Å². The number of aliphatic hydroxyl groups excluding tert-OH is 1. The number of hydrogen-bond donors (Lipinski definition) is 2. The van der Waals surface area contributed by atoms with Crippen LogP contribution in [-0.2, 0) is 6.54 Å². The predicted octanol–water partition coefficient (Wildman–Crippen LogP) is 2.36. The zero-order chi connectivity index (χ0) is 12.3. The fourth-order valence-corrected chi connectivity index (χ4v) is 2.66. The highest BCUT2D eigenvalue weighted by atomic mass is 79.9. The van der Waals surface area contributed by atoms with Gasteiger partial charge in [0, 0.05) is 23.2 Å². The summed E-state index contributed by atoms with van der Waals surface area (Å²) in [5, 5.41) is 18.9. The summed E-state index contributed by atoms with van der Waals surface area (Å²) in [4.78, 5) is 2.33. The van der Waals surface area contributed by atoms with E-state index in [4.69, 9.17) is 5.11 Å². The molecule has 3 nitrogen and oxygen atoms in total. The van der Waals surface area contributed by atoms with Crippen LogP contribution in [0.1, 0.15) is 18.4 Å². The number of piperidine rings is 1. The molecule has 0 unspecified atom stereocenters. The van der Waals surface area contributed by atoms with Crippen molar-refractivity contribution >= 4 is 15.9 Å². The first-order chi connectivity index (χ1) is 8.19. The second-order valence-corrected chi connectivity index (χ2v) is 5.59. The van der Waals surface area contributed by atoms with E-state index in [9.17, 15) is 5.11 Å². The zero-order valence-corrected chi connectivity index (χ0v) is 11.4. The van der Waals surface area contributed by atoms with Crippen LogP contribution < -0.4 is 0 Å². The SMILES string of the molecule is OCC1CCN(Cc2cc(Br)ccc2O)CC1. The van der Waals surface area contributed by atoms with Gasteiger partial charge in [0.25, 0.3) is 0 Å². The maximum Gasteiger partial charge on any atom is 0.120 e. The van der Waals surface area contributed by atoms with Crippen LogP contribution in [0.2, 0.25) is 0 Å². The molecular weight excluding hydrogens is 282 g/mol. The molecule has 1 saturated heterocycles. The third-order valence-electron chi connectivity index (χ3n) is 3.40. The highest BCUT2D eigenvalue weighted by molar-refractivity contribution is 9.10. The predicted molar refractivity (Wildman–Crippen MR) is 70.9 cm³/mol. The number of rotatable bonds is 3. The van der Waals surface area contributed by atoms with Gasteiger partial charge in [-0.15, -0.1) is 0 Å². The first-order valence-electron chi connectivity index (χ1n) is 5.99. The van der Waals surface area contributed by atoms with Crippen LogP contribution in [0, 0.1) is 5.92 Å². The van der Waals surface area contributed by atoms with E-state index < -0.39 is 0 Å². The molecule has 0 aromatic heterocycles. The lowest BCUT2D eigenvalue weighted by atomic mass is 9.97. The number of phenols is 1. The molecule has 2 N–H and O–H groups in total. The molecule has 1 aromatic rings. The van der Waals surface area contributed by atoms with Crippen LogP contribution in [0.5, 0.6) is 5.75 Å². The van der Waals surface area contributed by atoms with Crippen LogP contribution in [0.25, 0.3) is 0 Å². The van der Waals surface area contributed by atoms with Crippen LogP contribution in [0.3, 0.4) is 0 Å². The summed E-state index contributed by atoms with van der Waals surface area (Å²) in [5.41, 5.74) is 0.960. The molecule has 0 amide bonds. The van der Waals surface area contributed by atoms with Gasteiger partial charge in [0.2, 0.25) is 0 Å². The van der Waals surface area contributed by atoms with Crippen LogP contribution in [0.4, 0.5) is 0 Å². The Morgan fingerprint density at radius 2 is 2.00 bits per heavy atom. The van der Waals surface area contributed by atoms with Crippen molar-refractivity contribution in [2.75, 3.05) is 19.7 Å². The Labute approximate surface area is 110 Å². The van der Waals surface area contributed by atoms with Gasteiger partial charge in [-0.3, -0.25) is 4.90 Å². The van der Waals surface area contributed by atoms with Crippen LogP contribution in [-0.4, -0.2) is 34.8 Å². The Hall–Kier alpha value is -0.580. The van der Waals surface area contributed by atoms with E-state index in [2.05, 4.69) is 20.8 Å². The van der Waals surface area contributed by atoms with Crippen molar-refractivity contribution in [2.45, 2.75) is 19.4 Å². The Bertz CT molecular complexity index is 376. The minimum absolute atomic E-state index is 0.302. The van der Waals surface area contributed by atoms with E-state index in [1.807, 2.05) is 12.1 Å². The van der Waals surface area contributed by atoms with Crippen LogP contribution >= 0.6 is 15.9 Å². The van der Waals surface area contributed by atoms with Crippen molar-refractivity contribution in [1.29, 1.82) is 0 Å². The van der Waals surface area contributed by atoms with Gasteiger partial charge in [-0.2, -0.15) is 0 Å². The molecule has 1 heterocycles. The van der Waals surface area contributed by atoms with E-state index >= 15 is 0 Å². The lowest BCUT2D eigenvalue weighted by molar-refractivity contribution is 0.127. The smallest absolute Gasteiger partial charge is 0.120 e. The largest absolute Gasteiger partial charge is 0.508 e. The van der Waals surface area contributed by atoms with Crippen molar-refractivity contribution in [3.63, 3.8) is 0 Å². The molecule has 0 atom stereocenters. The number of phenolic OH excluding ortho intramolecular Hbond substituents is 1. The van der Waals surface area contributed by atoms with Gasteiger partial charge in [-0.25, -0.2) is 0 Å². The Morgan fingerprint density at radius 1 is 1.29 bits per heavy atom. The molecule has 4 heteroatoms. The van der Waals surface area contributed by atoms with Gasteiger partial charge < -0.3 is 10.2 Å². The first-order valence-corrected chi connectivity index (χ1v) is 6.79. The number of likely N-dealkylation sites (tertiary alicyclic amines) is 1. The van der Waals surface area contributed by atoms with Gasteiger partial charge in [0.05, 0.1) is 0 Å². The molecule has 1 aliphatic rings. The summed E-state index contributed by atoms with van der Waals surface area (Å²) in [6.45, 7) is 3.08. The summed E-state index contributed by atoms with van der Waals surface area (Å²) in [7, 11) is 0. The number of nitrogens with zero attached hydrogens (tertiary/aromatic N) is 1. The third kappa shape index (κ3) is 3.44. The van der Waals surface area contributed by atoms with Crippen LogP contribution in [0.15, 0.2) is 22.7 Å². The quantitative estimate of drug-likeness (QED) is 0.900.